The van der Waals surface area contributed by atoms with Crippen LogP contribution in [0.1, 0.15) is 51.4 Å². The van der Waals surface area contributed by atoms with Crippen molar-refractivity contribution < 1.29 is 19.1 Å². The van der Waals surface area contributed by atoms with E-state index < -0.39 is 5.97 Å². The number of rotatable bonds is 2. The minimum absolute atomic E-state index is 0.159. The fourth-order valence-electron chi connectivity index (χ4n) is 3.48. The van der Waals surface area contributed by atoms with Gasteiger partial charge in [-0.05, 0) is 61.6 Å². The maximum absolute atomic E-state index is 12.3. The summed E-state index contributed by atoms with van der Waals surface area (Å²) in [6.07, 6.45) is 5.97. The molecular weight excluding hydrogens is 306 g/mol. The highest BCUT2D eigenvalue weighted by Crippen LogP contribution is 2.36. The van der Waals surface area contributed by atoms with Crippen molar-refractivity contribution in [3.8, 4) is 0 Å². The van der Waals surface area contributed by atoms with E-state index in [-0.39, 0.29) is 11.5 Å². The lowest BCUT2D eigenvalue weighted by Crippen LogP contribution is -2.03. The Bertz CT molecular complexity index is 904. The summed E-state index contributed by atoms with van der Waals surface area (Å²) in [6.45, 7) is 2.02. The van der Waals surface area contributed by atoms with Crippen molar-refractivity contribution in [2.24, 2.45) is 0 Å². The van der Waals surface area contributed by atoms with Gasteiger partial charge in [0.25, 0.3) is 5.91 Å². The standard InChI is InChI=1S/C19H17NO4/c1-10-12-4-2-3-5-16(12)24-17(10)9-14-13-8-11(19(22)23)6-7-15(13)20-18(14)21/h6-9H,2-5H2,1H3,(H,20,21)(H,22,23). The number of carboxylic acid groups (broad SMARTS) is 1. The number of carbonyl (C=O) groups is 2. The number of carboxylic acids is 1. The summed E-state index contributed by atoms with van der Waals surface area (Å²) in [5.41, 5.74) is 4.17. The summed E-state index contributed by atoms with van der Waals surface area (Å²) < 4.78 is 5.97. The van der Waals surface area contributed by atoms with Crippen LogP contribution in [0.5, 0.6) is 0 Å². The van der Waals surface area contributed by atoms with Gasteiger partial charge in [-0.2, -0.15) is 0 Å². The highest BCUT2D eigenvalue weighted by Gasteiger charge is 2.27. The normalized spacial score (nSPS) is 17.5. The molecule has 5 heteroatoms. The quantitative estimate of drug-likeness (QED) is 0.827. The van der Waals surface area contributed by atoms with E-state index in [9.17, 15) is 9.59 Å². The molecule has 0 spiro atoms. The number of hydrogen-bond acceptors (Lipinski definition) is 3. The maximum Gasteiger partial charge on any atom is 0.335 e. The Labute approximate surface area is 139 Å². The van der Waals surface area contributed by atoms with Crippen molar-refractivity contribution in [3.63, 3.8) is 0 Å². The molecular formula is C19H17NO4. The summed E-state index contributed by atoms with van der Waals surface area (Å²) in [5, 5.41) is 11.9. The molecule has 2 heterocycles. The Morgan fingerprint density at radius 2 is 2.08 bits per heavy atom. The second kappa shape index (κ2) is 5.37. The van der Waals surface area contributed by atoms with Crippen LogP contribution in [0.2, 0.25) is 0 Å². The Morgan fingerprint density at radius 1 is 1.29 bits per heavy atom. The van der Waals surface area contributed by atoms with Crippen LogP contribution in [0.4, 0.5) is 5.69 Å². The highest BCUT2D eigenvalue weighted by molar-refractivity contribution is 6.35. The van der Waals surface area contributed by atoms with E-state index in [2.05, 4.69) is 5.32 Å². The van der Waals surface area contributed by atoms with Crippen LogP contribution in [0.15, 0.2) is 22.6 Å². The van der Waals surface area contributed by atoms with Crippen molar-refractivity contribution in [1.29, 1.82) is 0 Å². The van der Waals surface area contributed by atoms with E-state index in [4.69, 9.17) is 9.52 Å². The zero-order valence-electron chi connectivity index (χ0n) is 13.3. The van der Waals surface area contributed by atoms with Crippen LogP contribution in [-0.2, 0) is 17.6 Å². The lowest BCUT2D eigenvalue weighted by atomic mass is 9.95. The highest BCUT2D eigenvalue weighted by atomic mass is 16.4. The third kappa shape index (κ3) is 2.24. The Kier molecular flexibility index (Phi) is 3.30. The van der Waals surface area contributed by atoms with E-state index in [0.29, 0.717) is 22.6 Å². The summed E-state index contributed by atoms with van der Waals surface area (Å²) in [6, 6.07) is 4.64. The molecule has 24 heavy (non-hydrogen) atoms. The van der Waals surface area contributed by atoms with E-state index in [1.165, 1.54) is 17.7 Å². The van der Waals surface area contributed by atoms with Gasteiger partial charge >= 0.3 is 5.97 Å². The van der Waals surface area contributed by atoms with Gasteiger partial charge in [-0.3, -0.25) is 4.79 Å². The van der Waals surface area contributed by atoms with Crippen molar-refractivity contribution in [2.45, 2.75) is 32.6 Å². The zero-order chi connectivity index (χ0) is 16.8. The Balaban J connectivity index is 1.82. The molecule has 2 aliphatic rings. The summed E-state index contributed by atoms with van der Waals surface area (Å²) in [4.78, 5) is 23.5. The van der Waals surface area contributed by atoms with Crippen LogP contribution < -0.4 is 5.32 Å². The monoisotopic (exact) mass is 323 g/mol. The molecule has 1 aromatic heterocycles. The van der Waals surface area contributed by atoms with Crippen LogP contribution in [-0.4, -0.2) is 17.0 Å². The molecule has 0 bridgehead atoms. The first kappa shape index (κ1) is 14.8. The number of aromatic carboxylic acids is 1. The molecule has 1 aliphatic carbocycles. The molecule has 122 valence electrons. The predicted octanol–water partition coefficient (Wildman–Crippen LogP) is 3.66. The second-order valence-electron chi connectivity index (χ2n) is 6.28. The fourth-order valence-corrected chi connectivity index (χ4v) is 3.48. The smallest absolute Gasteiger partial charge is 0.335 e. The van der Waals surface area contributed by atoms with Gasteiger partial charge in [0.15, 0.2) is 0 Å². The molecule has 1 amide bonds. The number of furan rings is 1. The molecule has 5 nitrogen and oxygen atoms in total. The minimum atomic E-state index is -1.01. The second-order valence-corrected chi connectivity index (χ2v) is 6.28. The molecule has 0 radical (unpaired) electrons. The SMILES string of the molecule is Cc1c(C=C2C(=O)Nc3ccc(C(=O)O)cc32)oc2c1CCCC2. The number of nitrogens with one attached hydrogen (secondary N) is 1. The third-order valence-corrected chi connectivity index (χ3v) is 4.80. The average molecular weight is 323 g/mol. The molecule has 2 aromatic rings. The first-order valence-electron chi connectivity index (χ1n) is 8.06. The summed E-state index contributed by atoms with van der Waals surface area (Å²) >= 11 is 0. The van der Waals surface area contributed by atoms with Crippen molar-refractivity contribution in [2.75, 3.05) is 5.32 Å². The van der Waals surface area contributed by atoms with Crippen molar-refractivity contribution in [1.82, 2.24) is 0 Å². The van der Waals surface area contributed by atoms with Crippen LogP contribution in [0.3, 0.4) is 0 Å². The molecule has 1 aromatic carbocycles. The molecule has 0 saturated carbocycles. The lowest BCUT2D eigenvalue weighted by molar-refractivity contribution is -0.110. The Hall–Kier alpha value is -2.82. The fraction of sp³-hybridized carbons (Fsp3) is 0.263. The van der Waals surface area contributed by atoms with Gasteiger partial charge in [0.1, 0.15) is 11.5 Å². The first-order valence-corrected chi connectivity index (χ1v) is 8.06. The van der Waals surface area contributed by atoms with E-state index in [1.807, 2.05) is 6.92 Å². The predicted molar refractivity (Wildman–Crippen MR) is 90.0 cm³/mol. The van der Waals surface area contributed by atoms with Gasteiger partial charge < -0.3 is 14.8 Å². The van der Waals surface area contributed by atoms with Gasteiger partial charge in [0.2, 0.25) is 0 Å². The van der Waals surface area contributed by atoms with Gasteiger partial charge in [-0.15, -0.1) is 0 Å². The van der Waals surface area contributed by atoms with Crippen LogP contribution >= 0.6 is 0 Å². The number of carbonyl (C=O) groups excluding carboxylic acids is 1. The van der Waals surface area contributed by atoms with Gasteiger partial charge in [0, 0.05) is 17.7 Å². The third-order valence-electron chi connectivity index (χ3n) is 4.80. The minimum Gasteiger partial charge on any atom is -0.478 e. The summed E-state index contributed by atoms with van der Waals surface area (Å²) in [5.74, 6) is 0.464. The van der Waals surface area contributed by atoms with Crippen molar-refractivity contribution >= 4 is 29.2 Å². The number of benzene rings is 1. The molecule has 4 rings (SSSR count). The first-order chi connectivity index (χ1) is 11.5. The van der Waals surface area contributed by atoms with Crippen molar-refractivity contribution in [3.05, 3.63) is 52.0 Å². The maximum atomic E-state index is 12.3. The van der Waals surface area contributed by atoms with Gasteiger partial charge in [0.05, 0.1) is 11.1 Å². The molecule has 0 saturated heterocycles. The molecule has 1 aliphatic heterocycles. The van der Waals surface area contributed by atoms with E-state index in [0.717, 1.165) is 37.0 Å². The van der Waals surface area contributed by atoms with Gasteiger partial charge in [-0.1, -0.05) is 0 Å². The lowest BCUT2D eigenvalue weighted by Gasteiger charge is -2.08. The van der Waals surface area contributed by atoms with E-state index >= 15 is 0 Å². The largest absolute Gasteiger partial charge is 0.478 e. The number of aryl methyl sites for hydroxylation is 1. The average Bonchev–Trinajstić information content (AvgIpc) is 3.05. The molecule has 0 atom stereocenters. The molecule has 0 unspecified atom stereocenters. The van der Waals surface area contributed by atoms with Gasteiger partial charge in [-0.25, -0.2) is 4.79 Å². The summed E-state index contributed by atoms with van der Waals surface area (Å²) in [7, 11) is 0. The zero-order valence-corrected chi connectivity index (χ0v) is 13.3. The van der Waals surface area contributed by atoms with E-state index in [1.54, 1.807) is 12.1 Å². The Morgan fingerprint density at radius 3 is 2.83 bits per heavy atom. The number of fused-ring (bicyclic) bond motifs is 2. The van der Waals surface area contributed by atoms with Crippen LogP contribution in [0.25, 0.3) is 11.6 Å². The number of anilines is 1. The molecule has 0 fully saturated rings. The number of hydrogen-bond donors (Lipinski definition) is 2. The van der Waals surface area contributed by atoms with Crippen LogP contribution in [0, 0.1) is 6.92 Å². The molecule has 2 N–H and O–H groups in total. The topological polar surface area (TPSA) is 79.5 Å². The number of amides is 1.